The number of hydrogen-bond acceptors (Lipinski definition) is 6. The lowest BCUT2D eigenvalue weighted by atomic mass is 10.2. The van der Waals surface area contributed by atoms with E-state index in [1.807, 2.05) is 30.3 Å². The molecule has 2 aliphatic heterocycles. The van der Waals surface area contributed by atoms with Gasteiger partial charge in [-0.2, -0.15) is 0 Å². The smallest absolute Gasteiger partial charge is 0.363 e. The summed E-state index contributed by atoms with van der Waals surface area (Å²) < 4.78 is 5.28. The van der Waals surface area contributed by atoms with Crippen LogP contribution >= 0.6 is 11.8 Å². The van der Waals surface area contributed by atoms with E-state index in [1.165, 1.54) is 11.8 Å². The zero-order valence-electron chi connectivity index (χ0n) is 10.5. The van der Waals surface area contributed by atoms with Crippen LogP contribution in [0.5, 0.6) is 5.75 Å². The van der Waals surface area contributed by atoms with Gasteiger partial charge in [-0.25, -0.2) is 4.79 Å². The van der Waals surface area contributed by atoms with Gasteiger partial charge in [0.1, 0.15) is 11.2 Å². The Bertz CT molecular complexity index is 532. The van der Waals surface area contributed by atoms with Crippen molar-refractivity contribution in [2.75, 3.05) is 20.2 Å². The van der Waals surface area contributed by atoms with Crippen LogP contribution in [0.2, 0.25) is 0 Å². The molecule has 1 aromatic rings. The number of methoxy groups -OCH3 is 1. The Morgan fingerprint density at radius 2 is 2.37 bits per heavy atom. The number of fused-ring (bicyclic) bond motifs is 1. The zero-order chi connectivity index (χ0) is 13.2. The third-order valence-electron chi connectivity index (χ3n) is 2.98. The molecule has 3 rings (SSSR count). The molecule has 2 heterocycles. The lowest BCUT2D eigenvalue weighted by Crippen LogP contribution is -2.39. The largest absolute Gasteiger partial charge is 0.496 e. The summed E-state index contributed by atoms with van der Waals surface area (Å²) in [4.78, 5) is 17.8. The average molecular weight is 278 g/mol. The summed E-state index contributed by atoms with van der Waals surface area (Å²) in [5.74, 6) is 0.432. The summed E-state index contributed by atoms with van der Waals surface area (Å²) in [6.07, 6.45) is 1.81. The number of para-hydroxylation sites is 1. The van der Waals surface area contributed by atoms with E-state index in [0.29, 0.717) is 4.91 Å². The normalized spacial score (nSPS) is 25.2. The fourth-order valence-electron chi connectivity index (χ4n) is 2.05. The molecule has 19 heavy (non-hydrogen) atoms. The molecule has 1 aromatic carbocycles. The number of hydrogen-bond donors (Lipinski definition) is 1. The number of benzene rings is 1. The van der Waals surface area contributed by atoms with Gasteiger partial charge in [0.15, 0.2) is 0 Å². The van der Waals surface area contributed by atoms with Crippen molar-refractivity contribution in [2.45, 2.75) is 5.50 Å². The molecule has 0 saturated carbocycles. The Labute approximate surface area is 115 Å². The van der Waals surface area contributed by atoms with Crippen molar-refractivity contribution in [1.29, 1.82) is 0 Å². The first-order valence-corrected chi connectivity index (χ1v) is 6.89. The van der Waals surface area contributed by atoms with E-state index < -0.39 is 0 Å². The molecule has 6 heteroatoms. The van der Waals surface area contributed by atoms with Crippen LogP contribution in [0.25, 0.3) is 6.08 Å². The van der Waals surface area contributed by atoms with Gasteiger partial charge < -0.3 is 9.57 Å². The van der Waals surface area contributed by atoms with Crippen LogP contribution < -0.4 is 10.1 Å². The van der Waals surface area contributed by atoms with Crippen molar-refractivity contribution in [2.24, 2.45) is 0 Å². The van der Waals surface area contributed by atoms with E-state index in [2.05, 4.69) is 5.32 Å². The lowest BCUT2D eigenvalue weighted by molar-refractivity contribution is -0.184. The van der Waals surface area contributed by atoms with Gasteiger partial charge >= 0.3 is 5.97 Å². The van der Waals surface area contributed by atoms with E-state index in [4.69, 9.17) is 9.57 Å². The standard InChI is InChI=1S/C13H14N2O3S/c1-17-10-5-3-2-4-9(10)8-11-12(16)18-15-7-6-14-13(15)19-11/h2-5,8,13-14H,6-7H2,1H3/b11-8+. The van der Waals surface area contributed by atoms with Gasteiger partial charge in [-0.15, -0.1) is 5.06 Å². The molecule has 0 radical (unpaired) electrons. The van der Waals surface area contributed by atoms with E-state index in [9.17, 15) is 4.79 Å². The molecule has 0 amide bonds. The second kappa shape index (κ2) is 5.24. The molecule has 100 valence electrons. The number of nitrogens with one attached hydrogen (secondary N) is 1. The predicted molar refractivity (Wildman–Crippen MR) is 73.2 cm³/mol. The van der Waals surface area contributed by atoms with Gasteiger partial charge in [-0.05, 0) is 12.1 Å². The Morgan fingerprint density at radius 3 is 3.21 bits per heavy atom. The van der Waals surface area contributed by atoms with Crippen LogP contribution in [-0.2, 0) is 9.63 Å². The molecule has 0 bridgehead atoms. The third-order valence-corrected chi connectivity index (χ3v) is 4.14. The molecule has 0 aliphatic carbocycles. The van der Waals surface area contributed by atoms with E-state index in [1.54, 1.807) is 12.2 Å². The van der Waals surface area contributed by atoms with Crippen LogP contribution in [0.4, 0.5) is 0 Å². The molecule has 2 fully saturated rings. The molecule has 2 saturated heterocycles. The molecule has 0 spiro atoms. The van der Waals surface area contributed by atoms with Crippen LogP contribution in [-0.4, -0.2) is 36.7 Å². The first-order chi connectivity index (χ1) is 9.28. The van der Waals surface area contributed by atoms with Gasteiger partial charge in [0.05, 0.1) is 18.6 Å². The zero-order valence-corrected chi connectivity index (χ0v) is 11.3. The predicted octanol–water partition coefficient (Wildman–Crippen LogP) is 1.43. The van der Waals surface area contributed by atoms with Crippen LogP contribution in [0.15, 0.2) is 29.2 Å². The summed E-state index contributed by atoms with van der Waals surface area (Å²) in [5, 5.41) is 4.94. The topological polar surface area (TPSA) is 50.8 Å². The fraction of sp³-hybridized carbons (Fsp3) is 0.308. The van der Waals surface area contributed by atoms with Gasteiger partial charge in [0, 0.05) is 12.1 Å². The number of carbonyl (C=O) groups excluding carboxylic acids is 1. The fourth-order valence-corrected chi connectivity index (χ4v) is 3.09. The lowest BCUT2D eigenvalue weighted by Gasteiger charge is -2.27. The summed E-state index contributed by atoms with van der Waals surface area (Å²) >= 11 is 1.47. The van der Waals surface area contributed by atoms with E-state index in [-0.39, 0.29) is 11.5 Å². The number of nitrogens with zero attached hydrogens (tertiary/aromatic N) is 1. The SMILES string of the molecule is COc1ccccc1/C=C1/SC2NCCN2OC1=O. The molecule has 2 aliphatic rings. The van der Waals surface area contributed by atoms with Crippen molar-refractivity contribution >= 4 is 23.8 Å². The monoisotopic (exact) mass is 278 g/mol. The minimum atomic E-state index is -0.309. The molecule has 0 aromatic heterocycles. The highest BCUT2D eigenvalue weighted by molar-refractivity contribution is 8.04. The van der Waals surface area contributed by atoms with Gasteiger partial charge in [0.2, 0.25) is 0 Å². The molecular formula is C13H14N2O3S. The summed E-state index contributed by atoms with van der Waals surface area (Å²) in [7, 11) is 1.62. The van der Waals surface area contributed by atoms with Crippen LogP contribution in [0.1, 0.15) is 5.56 Å². The average Bonchev–Trinajstić information content (AvgIpc) is 2.87. The highest BCUT2D eigenvalue weighted by Gasteiger charge is 2.36. The maximum Gasteiger partial charge on any atom is 0.363 e. The minimum Gasteiger partial charge on any atom is -0.496 e. The second-order valence-corrected chi connectivity index (χ2v) is 5.32. The van der Waals surface area contributed by atoms with Crippen LogP contribution in [0, 0.1) is 0 Å². The molecule has 5 nitrogen and oxygen atoms in total. The number of thioether (sulfide) groups is 1. The van der Waals surface area contributed by atoms with Crippen molar-refractivity contribution in [3.8, 4) is 5.75 Å². The Balaban J connectivity index is 1.88. The third kappa shape index (κ3) is 2.47. The number of rotatable bonds is 2. The van der Waals surface area contributed by atoms with Crippen molar-refractivity contribution < 1.29 is 14.4 Å². The second-order valence-electron chi connectivity index (χ2n) is 4.19. The van der Waals surface area contributed by atoms with Crippen molar-refractivity contribution in [3.63, 3.8) is 0 Å². The Hall–Kier alpha value is -1.50. The van der Waals surface area contributed by atoms with Gasteiger partial charge in [-0.3, -0.25) is 5.32 Å². The quantitative estimate of drug-likeness (QED) is 0.826. The molecular weight excluding hydrogens is 264 g/mol. The van der Waals surface area contributed by atoms with Gasteiger partial charge in [0.25, 0.3) is 0 Å². The molecule has 1 N–H and O–H groups in total. The van der Waals surface area contributed by atoms with Crippen molar-refractivity contribution in [3.05, 3.63) is 34.7 Å². The Kier molecular flexibility index (Phi) is 3.46. The van der Waals surface area contributed by atoms with Crippen molar-refractivity contribution in [1.82, 2.24) is 10.4 Å². The molecule has 1 atom stereocenters. The maximum absolute atomic E-state index is 11.9. The number of ether oxygens (including phenoxy) is 1. The van der Waals surface area contributed by atoms with E-state index in [0.717, 1.165) is 24.4 Å². The first-order valence-electron chi connectivity index (χ1n) is 6.01. The summed E-state index contributed by atoms with van der Waals surface area (Å²) in [5.41, 5.74) is 0.884. The highest BCUT2D eigenvalue weighted by Crippen LogP contribution is 2.34. The first kappa shape index (κ1) is 12.5. The number of carbonyl (C=O) groups is 1. The Morgan fingerprint density at radius 1 is 1.53 bits per heavy atom. The maximum atomic E-state index is 11.9. The summed E-state index contributed by atoms with van der Waals surface area (Å²) in [6, 6.07) is 7.58. The van der Waals surface area contributed by atoms with E-state index >= 15 is 0 Å². The van der Waals surface area contributed by atoms with Gasteiger partial charge in [-0.1, -0.05) is 30.0 Å². The highest BCUT2D eigenvalue weighted by atomic mass is 32.2. The summed E-state index contributed by atoms with van der Waals surface area (Å²) in [6.45, 7) is 1.55. The molecule has 1 unspecified atom stereocenters. The van der Waals surface area contributed by atoms with Crippen LogP contribution in [0.3, 0.4) is 0 Å². The number of hydroxylamine groups is 2. The minimum absolute atomic E-state index is 0.0126.